The lowest BCUT2D eigenvalue weighted by Crippen LogP contribution is -2.11. The summed E-state index contributed by atoms with van der Waals surface area (Å²) >= 11 is 1.55. The highest BCUT2D eigenvalue weighted by Gasteiger charge is 2.04. The number of carbonyl (C=O) groups is 2. The number of thiophene rings is 1. The van der Waals surface area contributed by atoms with Crippen LogP contribution >= 0.6 is 11.3 Å². The highest BCUT2D eigenvalue weighted by molar-refractivity contribution is 7.08. The minimum Gasteiger partial charge on any atom is -0.325 e. The van der Waals surface area contributed by atoms with Gasteiger partial charge in [-0.25, -0.2) is 0 Å². The lowest BCUT2D eigenvalue weighted by Gasteiger charge is -2.01. The molecule has 1 aromatic heterocycles. The quantitative estimate of drug-likeness (QED) is 0.750. The van der Waals surface area contributed by atoms with Gasteiger partial charge in [0.2, 0.25) is 5.91 Å². The Morgan fingerprint density at radius 3 is 2.92 bits per heavy atom. The van der Waals surface area contributed by atoms with Crippen LogP contribution < -0.4 is 5.32 Å². The van der Waals surface area contributed by atoms with E-state index < -0.39 is 0 Å². The molecule has 0 aliphatic carbocycles. The second-order valence-corrected chi connectivity index (χ2v) is 3.47. The predicted molar refractivity (Wildman–Crippen MR) is 53.0 cm³/mol. The molecule has 0 unspecified atom stereocenters. The van der Waals surface area contributed by atoms with E-state index in [1.54, 1.807) is 11.3 Å². The molecule has 0 fully saturated rings. The number of nitrogens with one attached hydrogen (secondary N) is 1. The van der Waals surface area contributed by atoms with Crippen LogP contribution in [0.25, 0.3) is 0 Å². The van der Waals surface area contributed by atoms with E-state index in [2.05, 4.69) is 5.32 Å². The maximum absolute atomic E-state index is 11.2. The number of hydrogen-bond donors (Lipinski definition) is 1. The van der Waals surface area contributed by atoms with Gasteiger partial charge < -0.3 is 10.1 Å². The molecule has 0 saturated carbocycles. The van der Waals surface area contributed by atoms with E-state index in [9.17, 15) is 9.59 Å². The van der Waals surface area contributed by atoms with Crippen molar-refractivity contribution in [2.45, 2.75) is 19.8 Å². The molecule has 0 atom stereocenters. The summed E-state index contributed by atoms with van der Waals surface area (Å²) in [5.41, 5.74) is 1.91. The van der Waals surface area contributed by atoms with Gasteiger partial charge in [0, 0.05) is 18.2 Å². The SMILES string of the molecule is Cc1cscc1NC(=O)CCC=O. The van der Waals surface area contributed by atoms with Crippen molar-refractivity contribution in [3.63, 3.8) is 0 Å². The highest BCUT2D eigenvalue weighted by Crippen LogP contribution is 2.19. The molecule has 3 nitrogen and oxygen atoms in total. The molecule has 1 aromatic rings. The zero-order valence-electron chi connectivity index (χ0n) is 7.37. The fraction of sp³-hybridized carbons (Fsp3) is 0.333. The average Bonchev–Trinajstić information content (AvgIpc) is 2.48. The van der Waals surface area contributed by atoms with Crippen LogP contribution in [-0.2, 0) is 9.59 Å². The van der Waals surface area contributed by atoms with Crippen molar-refractivity contribution in [1.29, 1.82) is 0 Å². The van der Waals surface area contributed by atoms with E-state index >= 15 is 0 Å². The van der Waals surface area contributed by atoms with E-state index in [1.807, 2.05) is 17.7 Å². The Hall–Kier alpha value is -1.16. The van der Waals surface area contributed by atoms with Crippen molar-refractivity contribution >= 4 is 29.2 Å². The van der Waals surface area contributed by atoms with Crippen molar-refractivity contribution in [3.8, 4) is 0 Å². The normalized spacial score (nSPS) is 9.62. The Morgan fingerprint density at radius 2 is 2.38 bits per heavy atom. The molecular formula is C9H11NO2S. The molecule has 0 bridgehead atoms. The third kappa shape index (κ3) is 2.99. The molecule has 0 spiro atoms. The molecule has 70 valence electrons. The number of aldehydes is 1. The van der Waals surface area contributed by atoms with E-state index in [0.717, 1.165) is 17.5 Å². The molecule has 13 heavy (non-hydrogen) atoms. The molecule has 1 heterocycles. The summed E-state index contributed by atoms with van der Waals surface area (Å²) in [7, 11) is 0. The Balaban J connectivity index is 2.45. The molecule has 1 amide bonds. The van der Waals surface area contributed by atoms with Gasteiger partial charge in [-0.2, -0.15) is 0 Å². The van der Waals surface area contributed by atoms with Crippen molar-refractivity contribution in [2.24, 2.45) is 0 Å². The molecule has 0 aliphatic heterocycles. The van der Waals surface area contributed by atoms with Crippen molar-refractivity contribution in [1.82, 2.24) is 0 Å². The molecular weight excluding hydrogens is 186 g/mol. The monoisotopic (exact) mass is 197 g/mol. The smallest absolute Gasteiger partial charge is 0.224 e. The first-order valence-corrected chi connectivity index (χ1v) is 4.94. The topological polar surface area (TPSA) is 46.2 Å². The molecule has 1 rings (SSSR count). The Kier molecular flexibility index (Phi) is 3.64. The summed E-state index contributed by atoms with van der Waals surface area (Å²) in [5.74, 6) is -0.103. The van der Waals surface area contributed by atoms with Gasteiger partial charge in [0.25, 0.3) is 0 Å². The first-order chi connectivity index (χ1) is 6.24. The molecule has 0 aliphatic rings. The molecule has 0 saturated heterocycles. The van der Waals surface area contributed by atoms with Gasteiger partial charge in [-0.05, 0) is 17.9 Å². The Morgan fingerprint density at radius 1 is 1.62 bits per heavy atom. The first-order valence-electron chi connectivity index (χ1n) is 4.00. The van der Waals surface area contributed by atoms with Crippen molar-refractivity contribution < 1.29 is 9.59 Å². The molecule has 4 heteroatoms. The van der Waals surface area contributed by atoms with Crippen molar-refractivity contribution in [2.75, 3.05) is 5.32 Å². The second-order valence-electron chi connectivity index (χ2n) is 2.72. The standard InChI is InChI=1S/C9H11NO2S/c1-7-5-13-6-8(7)10-9(12)3-2-4-11/h4-6H,2-3H2,1H3,(H,10,12). The second kappa shape index (κ2) is 4.77. The zero-order valence-corrected chi connectivity index (χ0v) is 8.19. The molecule has 1 N–H and O–H groups in total. The van der Waals surface area contributed by atoms with Gasteiger partial charge in [-0.1, -0.05) is 0 Å². The van der Waals surface area contributed by atoms with E-state index in [0.29, 0.717) is 0 Å². The van der Waals surface area contributed by atoms with E-state index in [1.165, 1.54) is 0 Å². The highest BCUT2D eigenvalue weighted by atomic mass is 32.1. The average molecular weight is 197 g/mol. The van der Waals surface area contributed by atoms with Crippen molar-refractivity contribution in [3.05, 3.63) is 16.3 Å². The van der Waals surface area contributed by atoms with Crippen LogP contribution in [0.3, 0.4) is 0 Å². The zero-order chi connectivity index (χ0) is 9.68. The molecule has 0 radical (unpaired) electrons. The third-order valence-corrected chi connectivity index (χ3v) is 2.48. The van der Waals surface area contributed by atoms with E-state index in [-0.39, 0.29) is 18.7 Å². The molecule has 0 aromatic carbocycles. The van der Waals surface area contributed by atoms with Crippen LogP contribution in [0.2, 0.25) is 0 Å². The lowest BCUT2D eigenvalue weighted by molar-refractivity contribution is -0.118. The van der Waals surface area contributed by atoms with Gasteiger partial charge in [0.1, 0.15) is 6.29 Å². The minimum atomic E-state index is -0.103. The fourth-order valence-corrected chi connectivity index (χ4v) is 1.67. The summed E-state index contributed by atoms with van der Waals surface area (Å²) in [6.07, 6.45) is 1.30. The number of aryl methyl sites for hydroxylation is 1. The van der Waals surface area contributed by atoms with Gasteiger partial charge in [-0.3, -0.25) is 4.79 Å². The van der Waals surface area contributed by atoms with E-state index in [4.69, 9.17) is 0 Å². The van der Waals surface area contributed by atoms with Gasteiger partial charge in [0.05, 0.1) is 5.69 Å². The van der Waals surface area contributed by atoms with Crippen LogP contribution in [0.5, 0.6) is 0 Å². The minimum absolute atomic E-state index is 0.103. The van der Waals surface area contributed by atoms with Gasteiger partial charge in [-0.15, -0.1) is 11.3 Å². The van der Waals surface area contributed by atoms with Crippen LogP contribution in [0, 0.1) is 6.92 Å². The Bertz CT molecular complexity index is 306. The summed E-state index contributed by atoms with van der Waals surface area (Å²) in [6.45, 7) is 1.94. The lowest BCUT2D eigenvalue weighted by atomic mass is 10.3. The third-order valence-electron chi connectivity index (χ3n) is 1.62. The van der Waals surface area contributed by atoms with Gasteiger partial charge >= 0.3 is 0 Å². The maximum Gasteiger partial charge on any atom is 0.224 e. The van der Waals surface area contributed by atoms with Crippen LogP contribution in [0.1, 0.15) is 18.4 Å². The van der Waals surface area contributed by atoms with Crippen LogP contribution in [0.15, 0.2) is 10.8 Å². The maximum atomic E-state index is 11.2. The fourth-order valence-electron chi connectivity index (χ4n) is 0.891. The Labute approximate surface area is 80.8 Å². The number of amides is 1. The largest absolute Gasteiger partial charge is 0.325 e. The number of hydrogen-bond acceptors (Lipinski definition) is 3. The number of rotatable bonds is 4. The summed E-state index contributed by atoms with van der Waals surface area (Å²) in [5, 5.41) is 6.59. The van der Waals surface area contributed by atoms with Crippen LogP contribution in [0.4, 0.5) is 5.69 Å². The first kappa shape index (κ1) is 9.92. The predicted octanol–water partition coefficient (Wildman–Crippen LogP) is 1.97. The number of carbonyl (C=O) groups excluding carboxylic acids is 2. The summed E-state index contributed by atoms with van der Waals surface area (Å²) in [6, 6.07) is 0. The van der Waals surface area contributed by atoms with Crippen LogP contribution in [-0.4, -0.2) is 12.2 Å². The number of anilines is 1. The summed E-state index contributed by atoms with van der Waals surface area (Å²) in [4.78, 5) is 21.2. The summed E-state index contributed by atoms with van der Waals surface area (Å²) < 4.78 is 0. The van der Waals surface area contributed by atoms with Gasteiger partial charge in [0.15, 0.2) is 0 Å².